The van der Waals surface area contributed by atoms with Crippen LogP contribution in [0.15, 0.2) is 0 Å². The van der Waals surface area contributed by atoms with Crippen LogP contribution < -0.4 is 15.2 Å². The number of phenols is 2. The minimum Gasteiger partial charge on any atom is -0.507 e. The number of nitrogens with two attached hydrogens (primary N) is 1. The van der Waals surface area contributed by atoms with Crippen molar-refractivity contribution in [2.75, 3.05) is 27.1 Å². The Labute approximate surface area is 538 Å². The maximum atomic E-state index is 11.7. The van der Waals surface area contributed by atoms with Gasteiger partial charge in [-0.3, -0.25) is 10.1 Å². The smallest absolute Gasteiger partial charge is 0.507 e. The molecule has 0 amide bonds. The molecule has 0 atom stereocenters. The second-order valence-corrected chi connectivity index (χ2v) is 31.5. The molecule has 0 aliphatic carbocycles. The zero-order valence-corrected chi connectivity index (χ0v) is 62.2. The average Bonchev–Trinajstić information content (AvgIpc) is 3.29. The summed E-state index contributed by atoms with van der Waals surface area (Å²) in [6.07, 6.45) is -1.56. The molecule has 0 heterocycles. The van der Waals surface area contributed by atoms with E-state index in [2.05, 4.69) is 180 Å². The predicted molar refractivity (Wildman–Crippen MR) is 367 cm³/mol. The molecule has 495 valence electrons. The molecule has 0 bridgehead atoms. The van der Waals surface area contributed by atoms with E-state index >= 15 is 0 Å². The van der Waals surface area contributed by atoms with Crippen molar-refractivity contribution in [3.63, 3.8) is 0 Å². The standard InChI is InChI=1S/C19H30O3.C18H27NO5.C17H28O.C16H27NO.C2H3ClO2.B/c1-11-12(2)16(22-17(20)21-10)15(19(7,8)9)13(3)14(11)18(4,5)6;1-10-12(17(3,4)5)14(19(21)22)11(2)15(24-16(20)23-9)13(10)18(6,7)8;1-10-11(2)15(18)14(17(7,8)9)12(3)13(10)16(4,5)6;1-9-11(15(3,4)5)13(17)10(2)14(18)12(9)16(6,7)8;1-5-2(3)4;/h1-10H3;1-9H3;18H,1-9H3;18H,17H2,1-8H3;1H3;. The summed E-state index contributed by atoms with van der Waals surface area (Å²) in [4.78, 5) is 44.0. The highest BCUT2D eigenvalue weighted by Gasteiger charge is 2.39. The molecule has 16 heteroatoms. The molecule has 4 aromatic rings. The molecule has 0 saturated carbocycles. The summed E-state index contributed by atoms with van der Waals surface area (Å²) in [6, 6.07) is 0. The number of hydrogen-bond donors (Lipinski definition) is 3. The third kappa shape index (κ3) is 20.5. The fraction of sp³-hybridized carbons (Fsp3) is 0.625. The van der Waals surface area contributed by atoms with Crippen LogP contribution >= 0.6 is 11.6 Å². The lowest BCUT2D eigenvalue weighted by Gasteiger charge is -2.33. The highest BCUT2D eigenvalue weighted by Crippen LogP contribution is 2.50. The highest BCUT2D eigenvalue weighted by atomic mass is 35.5. The van der Waals surface area contributed by atoms with Crippen molar-refractivity contribution >= 4 is 49.1 Å². The van der Waals surface area contributed by atoms with Gasteiger partial charge in [0, 0.05) is 59.1 Å². The second-order valence-electron chi connectivity index (χ2n) is 31.2. The maximum Gasteiger partial charge on any atom is 0.513 e. The normalized spacial score (nSPS) is 12.0. The molecule has 14 nitrogen and oxygen atoms in total. The lowest BCUT2D eigenvalue weighted by atomic mass is 9.73. The number of phenolic OH excluding ortho intramolecular Hbond substituents is 2. The number of nitrogens with zero attached hydrogens (tertiary/aromatic N) is 1. The van der Waals surface area contributed by atoms with Gasteiger partial charge in [0.1, 0.15) is 23.0 Å². The number of nitro benzene ring substituents is 1. The number of carbonyl (C=O) groups excluding carboxylic acids is 3. The number of rotatable bonds is 3. The van der Waals surface area contributed by atoms with Gasteiger partial charge in [-0.2, -0.15) is 0 Å². The Morgan fingerprint density at radius 2 is 0.614 bits per heavy atom. The van der Waals surface area contributed by atoms with Crippen molar-refractivity contribution in [3.05, 3.63) is 110 Å². The van der Waals surface area contributed by atoms with Gasteiger partial charge in [0.25, 0.3) is 5.69 Å². The number of nitro groups is 1. The van der Waals surface area contributed by atoms with Crippen molar-refractivity contribution in [2.24, 2.45) is 0 Å². The van der Waals surface area contributed by atoms with E-state index in [1.54, 1.807) is 6.92 Å². The van der Waals surface area contributed by atoms with Crippen molar-refractivity contribution in [3.8, 4) is 23.0 Å². The van der Waals surface area contributed by atoms with Crippen LogP contribution in [0.3, 0.4) is 0 Å². The van der Waals surface area contributed by atoms with Crippen LogP contribution in [0.5, 0.6) is 23.0 Å². The Balaban J connectivity index is 0. The van der Waals surface area contributed by atoms with E-state index in [-0.39, 0.29) is 57.8 Å². The predicted octanol–water partition coefficient (Wildman–Crippen LogP) is 20.0. The van der Waals surface area contributed by atoms with E-state index in [4.69, 9.17) is 19.9 Å². The van der Waals surface area contributed by atoms with Gasteiger partial charge in [0.2, 0.25) is 0 Å². The third-order valence-corrected chi connectivity index (χ3v) is 15.7. The SMILES string of the molecule is COC(=O)Cl.COC(=O)Oc1c(C)c(C)c(C(C)(C)C)c(C)c1C(C)(C)C.COC(=O)Oc1c(C)c([N+](=O)[O-])c(C(C)(C)C)c(C)c1C(C)(C)C.Cc1c(C)c(C(C)(C)C)c(C)c(C(C)(C)C)c1O.Cc1c(N)c(C(C)(C)C)c(C)c(C(C)(C)C)c1O.[B]. The lowest BCUT2D eigenvalue weighted by molar-refractivity contribution is -0.386. The van der Waals surface area contributed by atoms with Gasteiger partial charge >= 0.3 is 17.7 Å². The number of anilines is 1. The Kier molecular flexibility index (Phi) is 28.9. The highest BCUT2D eigenvalue weighted by molar-refractivity contribution is 6.61. The number of methoxy groups -OCH3 is 3. The van der Waals surface area contributed by atoms with Gasteiger partial charge in [-0.25, -0.2) is 14.4 Å². The first kappa shape index (κ1) is 84.1. The molecule has 0 saturated heterocycles. The Morgan fingerprint density at radius 3 is 0.875 bits per heavy atom. The molecule has 3 radical (unpaired) electrons. The van der Waals surface area contributed by atoms with Gasteiger partial charge in [-0.05, 0) is 174 Å². The van der Waals surface area contributed by atoms with Crippen LogP contribution in [0.1, 0.15) is 266 Å². The van der Waals surface area contributed by atoms with E-state index in [1.807, 2.05) is 69.2 Å². The summed E-state index contributed by atoms with van der Waals surface area (Å²) in [7, 11) is 3.76. The number of ether oxygens (including phenoxy) is 5. The van der Waals surface area contributed by atoms with E-state index in [9.17, 15) is 34.7 Å². The van der Waals surface area contributed by atoms with Crippen LogP contribution in [0.2, 0.25) is 0 Å². The number of halogens is 1. The number of benzene rings is 4. The summed E-state index contributed by atoms with van der Waals surface area (Å²) in [6.45, 7) is 70.8. The number of nitrogen functional groups attached to an aromatic ring is 1. The van der Waals surface area contributed by atoms with Crippen LogP contribution in [0.25, 0.3) is 0 Å². The summed E-state index contributed by atoms with van der Waals surface area (Å²) in [5, 5.41) is 32.6. The molecular weight excluding hydrogens is 1130 g/mol. The lowest BCUT2D eigenvalue weighted by Crippen LogP contribution is -2.24. The molecular formula is C72H115BClN2O12. The van der Waals surface area contributed by atoms with Crippen LogP contribution in [-0.2, 0) is 57.5 Å². The first-order chi connectivity index (χ1) is 38.6. The fourth-order valence-electron chi connectivity index (χ4n) is 12.7. The molecule has 88 heavy (non-hydrogen) atoms. The molecule has 4 N–H and O–H groups in total. The van der Waals surface area contributed by atoms with Gasteiger partial charge in [0.15, 0.2) is 0 Å². The van der Waals surface area contributed by atoms with Crippen molar-refractivity contribution < 1.29 is 53.2 Å². The van der Waals surface area contributed by atoms with E-state index < -0.39 is 28.1 Å². The topological polar surface area (TPSA) is 207 Å². The molecule has 4 rings (SSSR count). The molecule has 0 fully saturated rings. The van der Waals surface area contributed by atoms with Crippen molar-refractivity contribution in [1.29, 1.82) is 0 Å². The van der Waals surface area contributed by atoms with E-state index in [1.165, 1.54) is 54.7 Å². The molecule has 0 spiro atoms. The first-order valence-electron chi connectivity index (χ1n) is 29.8. The molecule has 0 aliphatic heterocycles. The minimum absolute atomic E-state index is 0. The van der Waals surface area contributed by atoms with Crippen molar-refractivity contribution in [2.45, 2.75) is 279 Å². The van der Waals surface area contributed by atoms with Gasteiger partial charge < -0.3 is 39.6 Å². The molecule has 4 aromatic carbocycles. The fourth-order valence-corrected chi connectivity index (χ4v) is 12.7. The largest absolute Gasteiger partial charge is 0.513 e. The van der Waals surface area contributed by atoms with Gasteiger partial charge in [-0.15, -0.1) is 0 Å². The number of carbonyl (C=O) groups is 3. The zero-order chi connectivity index (χ0) is 69.7. The Bertz CT molecular complexity index is 3000. The Morgan fingerprint density at radius 1 is 0.375 bits per heavy atom. The van der Waals surface area contributed by atoms with Crippen LogP contribution in [-0.4, -0.2) is 62.6 Å². The summed E-state index contributed by atoms with van der Waals surface area (Å²) >= 11 is 4.60. The summed E-state index contributed by atoms with van der Waals surface area (Å²) < 4.78 is 24.0. The average molecular weight is 1250 g/mol. The zero-order valence-electron chi connectivity index (χ0n) is 61.5. The van der Waals surface area contributed by atoms with Gasteiger partial charge in [0.05, 0.1) is 31.8 Å². The third-order valence-electron chi connectivity index (χ3n) is 15.5. The molecule has 0 unspecified atom stereocenters. The van der Waals surface area contributed by atoms with E-state index in [0.29, 0.717) is 28.4 Å². The van der Waals surface area contributed by atoms with Crippen LogP contribution in [0.4, 0.5) is 25.8 Å². The van der Waals surface area contributed by atoms with Crippen molar-refractivity contribution in [1.82, 2.24) is 0 Å². The van der Waals surface area contributed by atoms with E-state index in [0.717, 1.165) is 61.3 Å². The maximum absolute atomic E-state index is 11.7. The Hall–Kier alpha value is -5.96. The number of aromatic hydroxyl groups is 2. The minimum atomic E-state index is -0.888. The second kappa shape index (κ2) is 30.2. The quantitative estimate of drug-likeness (QED) is 0.0255. The first-order valence-corrected chi connectivity index (χ1v) is 30.2. The monoisotopic (exact) mass is 1250 g/mol. The number of hydrogen-bond acceptors (Lipinski definition) is 13. The van der Waals surface area contributed by atoms with Gasteiger partial charge in [-0.1, -0.05) is 166 Å². The summed E-state index contributed by atoms with van der Waals surface area (Å²) in [5.41, 5.74) is 23.6. The molecule has 0 aliphatic rings. The summed E-state index contributed by atoms with van der Waals surface area (Å²) in [5.74, 6) is 1.69. The van der Waals surface area contributed by atoms with Crippen LogP contribution in [0, 0.1) is 79.4 Å². The molecule has 0 aromatic heterocycles.